The number of sulfonamides is 1. The number of halogens is 3. The number of hydrogen-bond acceptors (Lipinski definition) is 7. The van der Waals surface area contributed by atoms with E-state index in [1.54, 1.807) is 23.6 Å². The molecule has 36 heavy (non-hydrogen) atoms. The summed E-state index contributed by atoms with van der Waals surface area (Å²) in [6, 6.07) is 6.93. The van der Waals surface area contributed by atoms with Gasteiger partial charge in [0.25, 0.3) is 10.0 Å². The van der Waals surface area contributed by atoms with Crippen molar-refractivity contribution in [2.45, 2.75) is 57.0 Å². The van der Waals surface area contributed by atoms with E-state index >= 15 is 0 Å². The first-order chi connectivity index (χ1) is 17.0. The molecule has 0 saturated carbocycles. The van der Waals surface area contributed by atoms with E-state index in [4.69, 9.17) is 32.7 Å². The molecule has 1 N–H and O–H groups in total. The molecule has 0 radical (unpaired) electrons. The highest BCUT2D eigenvalue weighted by Crippen LogP contribution is 2.36. The summed E-state index contributed by atoms with van der Waals surface area (Å²) in [5.41, 5.74) is 0.769. The summed E-state index contributed by atoms with van der Waals surface area (Å²) < 4.78 is 53.2. The molecule has 0 fully saturated rings. The highest BCUT2D eigenvalue weighted by atomic mass is 35.5. The zero-order chi connectivity index (χ0) is 26.3. The van der Waals surface area contributed by atoms with Crippen molar-refractivity contribution in [1.82, 2.24) is 4.98 Å². The van der Waals surface area contributed by atoms with E-state index in [1.165, 1.54) is 6.20 Å². The molecular weight excluding hydrogens is 550 g/mol. The molecule has 0 aliphatic heterocycles. The number of rotatable bonds is 12. The molecule has 0 aliphatic rings. The summed E-state index contributed by atoms with van der Waals surface area (Å²) in [5.74, 6) is -0.873. The van der Waals surface area contributed by atoms with Crippen LogP contribution < -0.4 is 9.46 Å². The van der Waals surface area contributed by atoms with E-state index in [1.807, 2.05) is 13.8 Å². The first kappa shape index (κ1) is 28.2. The van der Waals surface area contributed by atoms with Gasteiger partial charge in [0.2, 0.25) is 0 Å². The summed E-state index contributed by atoms with van der Waals surface area (Å²) in [5, 5.41) is 2.11. The van der Waals surface area contributed by atoms with Gasteiger partial charge in [-0.15, -0.1) is 11.3 Å². The number of aromatic nitrogens is 1. The van der Waals surface area contributed by atoms with Gasteiger partial charge in [-0.2, -0.15) is 0 Å². The number of unbranched alkanes of at least 4 members (excludes halogenated alkanes) is 2. The van der Waals surface area contributed by atoms with Crippen LogP contribution in [0.2, 0.25) is 10.0 Å². The quantitative estimate of drug-likeness (QED) is 0.181. The lowest BCUT2D eigenvalue weighted by Gasteiger charge is -2.14. The third-order valence-corrected chi connectivity index (χ3v) is 7.57. The van der Waals surface area contributed by atoms with E-state index in [-0.39, 0.29) is 28.0 Å². The minimum absolute atomic E-state index is 0.0395. The van der Waals surface area contributed by atoms with Gasteiger partial charge in [-0.3, -0.25) is 9.52 Å². The van der Waals surface area contributed by atoms with Crippen LogP contribution in [0.5, 0.6) is 11.5 Å². The second-order valence-electron chi connectivity index (χ2n) is 8.11. The molecule has 0 saturated heterocycles. The Hall–Kier alpha value is -2.40. The number of benzene rings is 2. The number of ether oxygens (including phenoxy) is 2. The van der Waals surface area contributed by atoms with E-state index < -0.39 is 20.7 Å². The molecule has 2 aromatic carbocycles. The largest absolute Gasteiger partial charge is 0.463 e. The van der Waals surface area contributed by atoms with Crippen molar-refractivity contribution in [3.63, 3.8) is 0 Å². The fourth-order valence-corrected chi connectivity index (χ4v) is 5.62. The maximum absolute atomic E-state index is 14.8. The van der Waals surface area contributed by atoms with Crippen LogP contribution in [0.15, 0.2) is 46.8 Å². The minimum Gasteiger partial charge on any atom is -0.463 e. The minimum atomic E-state index is -4.24. The topological polar surface area (TPSA) is 94.6 Å². The number of carbonyl (C=O) groups excluding carboxylic acids is 1. The van der Waals surface area contributed by atoms with Gasteiger partial charge >= 0.3 is 5.97 Å². The van der Waals surface area contributed by atoms with Crippen LogP contribution in [0.3, 0.4) is 0 Å². The summed E-state index contributed by atoms with van der Waals surface area (Å²) in [4.78, 5) is 14.9. The fourth-order valence-electron chi connectivity index (χ4n) is 3.28. The van der Waals surface area contributed by atoms with Gasteiger partial charge in [0.05, 0.1) is 11.1 Å². The van der Waals surface area contributed by atoms with Crippen LogP contribution in [-0.4, -0.2) is 25.5 Å². The Morgan fingerprint density at radius 3 is 2.61 bits per heavy atom. The molecule has 12 heteroatoms. The Bertz CT molecular complexity index is 1300. The van der Waals surface area contributed by atoms with Gasteiger partial charge in [-0.05, 0) is 62.9 Å². The highest BCUT2D eigenvalue weighted by Gasteiger charge is 2.23. The first-order valence-electron chi connectivity index (χ1n) is 11.1. The number of hydrogen-bond donors (Lipinski definition) is 1. The highest BCUT2D eigenvalue weighted by molar-refractivity contribution is 7.93. The molecule has 1 aromatic heterocycles. The van der Waals surface area contributed by atoms with E-state index in [0.717, 1.165) is 41.9 Å². The summed E-state index contributed by atoms with van der Waals surface area (Å²) in [6.45, 7) is 3.62. The second-order valence-corrected chi connectivity index (χ2v) is 11.5. The van der Waals surface area contributed by atoms with Gasteiger partial charge in [-0.1, -0.05) is 29.6 Å². The molecule has 0 spiro atoms. The smallest absolute Gasteiger partial charge is 0.306 e. The maximum Gasteiger partial charge on any atom is 0.306 e. The van der Waals surface area contributed by atoms with Gasteiger partial charge in [0.1, 0.15) is 22.2 Å². The molecule has 0 atom stereocenters. The Balaban J connectivity index is 1.69. The average Bonchev–Trinajstić information content (AvgIpc) is 3.29. The van der Waals surface area contributed by atoms with E-state index in [9.17, 15) is 17.6 Å². The summed E-state index contributed by atoms with van der Waals surface area (Å²) >= 11 is 13.5. The molecule has 0 bridgehead atoms. The molecular formula is C24H25Cl2FN2O5S2. The standard InChI is InChI=1S/C24H25Cl2FN2O5S2/c1-15(2)33-23(30)7-5-3-4-6-16-12-17(25)8-9-20(16)34-21-14-19(27)22(13-18(21)26)36(31,32)29-24-28-10-11-35-24/h8-15H,3-7H2,1-2H3,(H,28,29). The molecule has 1 heterocycles. The molecule has 3 aromatic rings. The van der Waals surface area contributed by atoms with Crippen LogP contribution >= 0.6 is 34.5 Å². The third kappa shape index (κ3) is 8.06. The van der Waals surface area contributed by atoms with Crippen molar-refractivity contribution in [2.75, 3.05) is 4.72 Å². The van der Waals surface area contributed by atoms with Crippen molar-refractivity contribution in [2.24, 2.45) is 0 Å². The Morgan fingerprint density at radius 1 is 1.14 bits per heavy atom. The Labute approximate surface area is 223 Å². The predicted molar refractivity (Wildman–Crippen MR) is 139 cm³/mol. The predicted octanol–water partition coefficient (Wildman–Crippen LogP) is 7.24. The molecule has 194 valence electrons. The normalized spacial score (nSPS) is 11.5. The van der Waals surface area contributed by atoms with Gasteiger partial charge < -0.3 is 9.47 Å². The molecule has 0 aliphatic carbocycles. The van der Waals surface area contributed by atoms with Crippen LogP contribution in [0.1, 0.15) is 45.1 Å². The SMILES string of the molecule is CC(C)OC(=O)CCCCCc1cc(Cl)ccc1Oc1cc(F)c(S(=O)(=O)Nc2nccs2)cc1Cl. The Kier molecular flexibility index (Phi) is 9.95. The molecule has 7 nitrogen and oxygen atoms in total. The van der Waals surface area contributed by atoms with Crippen LogP contribution in [0, 0.1) is 5.82 Å². The van der Waals surface area contributed by atoms with E-state index in [2.05, 4.69) is 9.71 Å². The van der Waals surface area contributed by atoms with Gasteiger partial charge in [0, 0.05) is 29.1 Å². The average molecular weight is 576 g/mol. The maximum atomic E-state index is 14.8. The van der Waals surface area contributed by atoms with Crippen LogP contribution in [-0.2, 0) is 26.0 Å². The van der Waals surface area contributed by atoms with Gasteiger partial charge in [0.15, 0.2) is 5.13 Å². The van der Waals surface area contributed by atoms with Crippen molar-refractivity contribution in [1.29, 1.82) is 0 Å². The second kappa shape index (κ2) is 12.7. The van der Waals surface area contributed by atoms with Crippen LogP contribution in [0.4, 0.5) is 9.52 Å². The lowest BCUT2D eigenvalue weighted by molar-refractivity contribution is -0.147. The molecule has 3 rings (SSSR count). The number of carbonyl (C=O) groups is 1. The first-order valence-corrected chi connectivity index (χ1v) is 14.2. The van der Waals surface area contributed by atoms with Crippen LogP contribution in [0.25, 0.3) is 0 Å². The van der Waals surface area contributed by atoms with Gasteiger partial charge in [-0.25, -0.2) is 17.8 Å². The number of nitrogens with zero attached hydrogens (tertiary/aromatic N) is 1. The monoisotopic (exact) mass is 574 g/mol. The van der Waals surface area contributed by atoms with Crippen molar-refractivity contribution >= 4 is 55.7 Å². The summed E-state index contributed by atoms with van der Waals surface area (Å²) in [6.07, 6.45) is 4.46. The summed E-state index contributed by atoms with van der Waals surface area (Å²) in [7, 11) is -4.24. The molecule has 0 unspecified atom stereocenters. The fraction of sp³-hybridized carbons (Fsp3) is 0.333. The Morgan fingerprint density at radius 2 is 1.92 bits per heavy atom. The number of anilines is 1. The van der Waals surface area contributed by atoms with E-state index in [0.29, 0.717) is 30.0 Å². The zero-order valence-corrected chi connectivity index (χ0v) is 22.7. The zero-order valence-electron chi connectivity index (χ0n) is 19.6. The third-order valence-electron chi connectivity index (χ3n) is 4.87. The lowest BCUT2D eigenvalue weighted by Crippen LogP contribution is -2.14. The number of nitrogens with one attached hydrogen (secondary N) is 1. The number of thiazole rings is 1. The molecule has 0 amide bonds. The number of aryl methyl sites for hydroxylation is 1. The number of esters is 1. The van der Waals surface area contributed by atoms with Crippen molar-refractivity contribution < 1.29 is 27.1 Å². The van der Waals surface area contributed by atoms with Crippen molar-refractivity contribution in [3.05, 3.63) is 63.3 Å². The lowest BCUT2D eigenvalue weighted by atomic mass is 10.1. The van der Waals surface area contributed by atoms with Crippen molar-refractivity contribution in [3.8, 4) is 11.5 Å².